The number of sulfonamides is 1. The van der Waals surface area contributed by atoms with Gasteiger partial charge in [0.05, 0.1) is 11.5 Å². The minimum absolute atomic E-state index is 0.269. The summed E-state index contributed by atoms with van der Waals surface area (Å²) in [6.07, 6.45) is 0. The Morgan fingerprint density at radius 3 is 2.47 bits per heavy atom. The second-order valence-corrected chi connectivity index (χ2v) is 5.75. The van der Waals surface area contributed by atoms with Crippen molar-refractivity contribution >= 4 is 10.0 Å². The molecule has 2 N–H and O–H groups in total. The van der Waals surface area contributed by atoms with Crippen LogP contribution in [0.15, 0.2) is 23.1 Å². The maximum Gasteiger partial charge on any atom is 0.240 e. The number of nitrogens with one attached hydrogen (secondary N) is 2. The average Bonchev–Trinajstić information content (AvgIpc) is 2.37. The lowest BCUT2D eigenvalue weighted by Crippen LogP contribution is -2.23. The van der Waals surface area contributed by atoms with Crippen LogP contribution in [0.5, 0.6) is 5.75 Å². The molecule has 0 amide bonds. The van der Waals surface area contributed by atoms with Gasteiger partial charge in [0.15, 0.2) is 0 Å². The minimum atomic E-state index is -3.42. The molecule has 108 valence electrons. The van der Waals surface area contributed by atoms with Gasteiger partial charge in [0.2, 0.25) is 10.0 Å². The van der Waals surface area contributed by atoms with Crippen molar-refractivity contribution in [2.24, 2.45) is 0 Å². The van der Waals surface area contributed by atoms with Crippen molar-refractivity contribution in [1.29, 1.82) is 0 Å². The van der Waals surface area contributed by atoms with Gasteiger partial charge in [-0.2, -0.15) is 0 Å². The van der Waals surface area contributed by atoms with E-state index in [0.29, 0.717) is 19.7 Å². The van der Waals surface area contributed by atoms with E-state index in [0.717, 1.165) is 17.9 Å². The van der Waals surface area contributed by atoms with Gasteiger partial charge in [-0.3, -0.25) is 0 Å². The molecule has 0 saturated carbocycles. The van der Waals surface area contributed by atoms with E-state index in [1.807, 2.05) is 13.8 Å². The molecule has 0 bridgehead atoms. The molecule has 0 heterocycles. The second-order valence-electron chi connectivity index (χ2n) is 3.98. The summed E-state index contributed by atoms with van der Waals surface area (Å²) in [4.78, 5) is 0.269. The first kappa shape index (κ1) is 15.9. The van der Waals surface area contributed by atoms with Crippen molar-refractivity contribution in [3.63, 3.8) is 0 Å². The Morgan fingerprint density at radius 1 is 1.16 bits per heavy atom. The van der Waals surface area contributed by atoms with Crippen LogP contribution in [0, 0.1) is 0 Å². The zero-order chi connectivity index (χ0) is 14.3. The van der Waals surface area contributed by atoms with Gasteiger partial charge < -0.3 is 10.1 Å². The number of hydrogen-bond acceptors (Lipinski definition) is 4. The molecule has 1 aromatic rings. The fourth-order valence-electron chi connectivity index (χ4n) is 1.69. The van der Waals surface area contributed by atoms with Crippen molar-refractivity contribution in [2.75, 3.05) is 19.7 Å². The summed E-state index contributed by atoms with van der Waals surface area (Å²) < 4.78 is 31.9. The first-order valence-electron chi connectivity index (χ1n) is 6.51. The van der Waals surface area contributed by atoms with E-state index in [2.05, 4.69) is 10.0 Å². The third-order valence-corrected chi connectivity index (χ3v) is 4.09. The molecule has 1 rings (SSSR count). The summed E-state index contributed by atoms with van der Waals surface area (Å²) in [6, 6.07) is 4.93. The van der Waals surface area contributed by atoms with Gasteiger partial charge in [-0.25, -0.2) is 13.1 Å². The largest absolute Gasteiger partial charge is 0.494 e. The van der Waals surface area contributed by atoms with E-state index < -0.39 is 10.0 Å². The van der Waals surface area contributed by atoms with E-state index in [1.54, 1.807) is 25.1 Å². The Balaban J connectivity index is 3.09. The molecule has 0 unspecified atom stereocenters. The topological polar surface area (TPSA) is 67.4 Å². The van der Waals surface area contributed by atoms with Gasteiger partial charge in [0, 0.05) is 18.7 Å². The standard InChI is InChI=1S/C13H22N2O3S/c1-4-14-10-11-9-12(19(16,17)15-5-2)7-8-13(11)18-6-3/h7-9,14-15H,4-6,10H2,1-3H3. The summed E-state index contributed by atoms with van der Waals surface area (Å²) in [5, 5.41) is 3.18. The van der Waals surface area contributed by atoms with Gasteiger partial charge >= 0.3 is 0 Å². The van der Waals surface area contributed by atoms with Crippen LogP contribution < -0.4 is 14.8 Å². The van der Waals surface area contributed by atoms with Crippen molar-refractivity contribution in [2.45, 2.75) is 32.2 Å². The van der Waals surface area contributed by atoms with Crippen molar-refractivity contribution in [3.05, 3.63) is 23.8 Å². The summed E-state index contributed by atoms with van der Waals surface area (Å²) in [5.41, 5.74) is 0.850. The Labute approximate surface area is 115 Å². The first-order valence-corrected chi connectivity index (χ1v) is 7.99. The number of hydrogen-bond donors (Lipinski definition) is 2. The molecule has 19 heavy (non-hydrogen) atoms. The molecule has 5 nitrogen and oxygen atoms in total. The zero-order valence-corrected chi connectivity index (χ0v) is 12.5. The van der Waals surface area contributed by atoms with Crippen LogP contribution in [-0.4, -0.2) is 28.1 Å². The van der Waals surface area contributed by atoms with Crippen molar-refractivity contribution < 1.29 is 13.2 Å². The number of benzene rings is 1. The predicted octanol–water partition coefficient (Wildman–Crippen LogP) is 1.49. The van der Waals surface area contributed by atoms with Crippen LogP contribution in [0.3, 0.4) is 0 Å². The second kappa shape index (κ2) is 7.47. The lowest BCUT2D eigenvalue weighted by Gasteiger charge is -2.13. The van der Waals surface area contributed by atoms with E-state index in [9.17, 15) is 8.42 Å². The van der Waals surface area contributed by atoms with Crippen LogP contribution in [0.2, 0.25) is 0 Å². The Hall–Kier alpha value is -1.11. The number of rotatable bonds is 8. The molecule has 1 aromatic carbocycles. The summed E-state index contributed by atoms with van der Waals surface area (Å²) in [7, 11) is -3.42. The zero-order valence-electron chi connectivity index (χ0n) is 11.7. The van der Waals surface area contributed by atoms with Crippen LogP contribution in [-0.2, 0) is 16.6 Å². The van der Waals surface area contributed by atoms with Crippen molar-refractivity contribution in [3.8, 4) is 5.75 Å². The minimum Gasteiger partial charge on any atom is -0.494 e. The highest BCUT2D eigenvalue weighted by molar-refractivity contribution is 7.89. The molecule has 6 heteroatoms. The van der Waals surface area contributed by atoms with E-state index in [1.165, 1.54) is 0 Å². The normalized spacial score (nSPS) is 11.5. The van der Waals surface area contributed by atoms with Crippen LogP contribution in [0.1, 0.15) is 26.3 Å². The highest BCUT2D eigenvalue weighted by Gasteiger charge is 2.15. The van der Waals surface area contributed by atoms with E-state index >= 15 is 0 Å². The fraction of sp³-hybridized carbons (Fsp3) is 0.538. The first-order chi connectivity index (χ1) is 9.05. The van der Waals surface area contributed by atoms with Gasteiger partial charge in [-0.05, 0) is 31.7 Å². The van der Waals surface area contributed by atoms with Gasteiger partial charge in [0.25, 0.3) is 0 Å². The third-order valence-electron chi connectivity index (χ3n) is 2.54. The van der Waals surface area contributed by atoms with Crippen LogP contribution in [0.25, 0.3) is 0 Å². The van der Waals surface area contributed by atoms with E-state index in [-0.39, 0.29) is 4.90 Å². The SMILES string of the molecule is CCNCc1cc(S(=O)(=O)NCC)ccc1OCC. The molecular weight excluding hydrogens is 264 g/mol. The molecule has 0 saturated heterocycles. The molecule has 0 aliphatic heterocycles. The molecule has 0 aliphatic carbocycles. The van der Waals surface area contributed by atoms with E-state index in [4.69, 9.17) is 4.74 Å². The summed E-state index contributed by atoms with van der Waals surface area (Å²) >= 11 is 0. The highest BCUT2D eigenvalue weighted by atomic mass is 32.2. The fourth-order valence-corrected chi connectivity index (χ4v) is 2.78. The lowest BCUT2D eigenvalue weighted by molar-refractivity contribution is 0.335. The molecule has 0 fully saturated rings. The Morgan fingerprint density at radius 2 is 1.89 bits per heavy atom. The summed E-state index contributed by atoms with van der Waals surface area (Å²) in [6.45, 7) is 7.99. The molecule has 0 spiro atoms. The molecule has 0 radical (unpaired) electrons. The molecule has 0 aliphatic rings. The van der Waals surface area contributed by atoms with Gasteiger partial charge in [-0.1, -0.05) is 13.8 Å². The smallest absolute Gasteiger partial charge is 0.240 e. The van der Waals surface area contributed by atoms with Crippen LogP contribution in [0.4, 0.5) is 0 Å². The Bertz CT molecular complexity index is 501. The average molecular weight is 286 g/mol. The lowest BCUT2D eigenvalue weighted by atomic mass is 10.2. The summed E-state index contributed by atoms with van der Waals surface area (Å²) in [5.74, 6) is 0.721. The van der Waals surface area contributed by atoms with Crippen molar-refractivity contribution in [1.82, 2.24) is 10.0 Å². The third kappa shape index (κ3) is 4.49. The molecule has 0 aromatic heterocycles. The molecular formula is C13H22N2O3S. The van der Waals surface area contributed by atoms with Crippen LogP contribution >= 0.6 is 0 Å². The quantitative estimate of drug-likeness (QED) is 0.760. The van der Waals surface area contributed by atoms with Gasteiger partial charge in [-0.15, -0.1) is 0 Å². The Kier molecular flexibility index (Phi) is 6.27. The maximum absolute atomic E-state index is 12.0. The maximum atomic E-state index is 12.0. The predicted molar refractivity (Wildman–Crippen MR) is 75.9 cm³/mol. The monoisotopic (exact) mass is 286 g/mol. The highest BCUT2D eigenvalue weighted by Crippen LogP contribution is 2.22. The van der Waals surface area contributed by atoms with Gasteiger partial charge in [0.1, 0.15) is 5.75 Å². The number of ether oxygens (including phenoxy) is 1. The molecule has 0 atom stereocenters.